The molecule has 3 rings (SSSR count). The van der Waals surface area contributed by atoms with E-state index < -0.39 is 23.9 Å². The summed E-state index contributed by atoms with van der Waals surface area (Å²) in [7, 11) is 0. The number of likely N-dealkylation sites (tertiary alicyclic amines) is 1. The molecular formula is C25H31N5O5. The highest BCUT2D eigenvalue weighted by Gasteiger charge is 2.28. The van der Waals surface area contributed by atoms with E-state index in [9.17, 15) is 19.2 Å². The first-order valence-electron chi connectivity index (χ1n) is 11.6. The van der Waals surface area contributed by atoms with Gasteiger partial charge in [-0.25, -0.2) is 9.59 Å². The number of nitrogens with zero attached hydrogens (tertiary/aromatic N) is 1. The van der Waals surface area contributed by atoms with E-state index in [1.807, 2.05) is 60.7 Å². The summed E-state index contributed by atoms with van der Waals surface area (Å²) in [4.78, 5) is 50.5. The molecule has 35 heavy (non-hydrogen) atoms. The summed E-state index contributed by atoms with van der Waals surface area (Å²) in [5.74, 6) is -0.991. The Kier molecular flexibility index (Phi) is 9.47. The maximum Gasteiger partial charge on any atom is 0.408 e. The Morgan fingerprint density at radius 1 is 0.971 bits per heavy atom. The third-order valence-corrected chi connectivity index (χ3v) is 5.65. The maximum atomic E-state index is 12.9. The van der Waals surface area contributed by atoms with Crippen molar-refractivity contribution in [3.05, 3.63) is 66.2 Å². The Balaban J connectivity index is 1.47. The van der Waals surface area contributed by atoms with Gasteiger partial charge < -0.3 is 31.3 Å². The highest BCUT2D eigenvalue weighted by molar-refractivity contribution is 5.89. The highest BCUT2D eigenvalue weighted by Crippen LogP contribution is 2.14. The molecule has 0 spiro atoms. The molecule has 1 heterocycles. The number of urea groups is 1. The SMILES string of the molecule is NC(=O)CC[C@H](NC(=O)OCc1ccccc1)C(=O)NC1CCN(C(=O)Nc2ccccc2)CC1. The van der Waals surface area contributed by atoms with E-state index in [0.717, 1.165) is 11.3 Å². The van der Waals surface area contributed by atoms with Crippen molar-refractivity contribution >= 4 is 29.6 Å². The van der Waals surface area contributed by atoms with Crippen molar-refractivity contribution in [3.8, 4) is 0 Å². The lowest BCUT2D eigenvalue weighted by Crippen LogP contribution is -2.53. The fourth-order valence-electron chi connectivity index (χ4n) is 3.72. The Labute approximate surface area is 204 Å². The van der Waals surface area contributed by atoms with Gasteiger partial charge in [0.25, 0.3) is 0 Å². The number of rotatable bonds is 9. The largest absolute Gasteiger partial charge is 0.445 e. The van der Waals surface area contributed by atoms with E-state index >= 15 is 0 Å². The molecule has 5 N–H and O–H groups in total. The number of nitrogens with one attached hydrogen (secondary N) is 3. The van der Waals surface area contributed by atoms with E-state index in [1.165, 1.54) is 0 Å². The summed E-state index contributed by atoms with van der Waals surface area (Å²) in [5.41, 5.74) is 6.76. The van der Waals surface area contributed by atoms with Crippen molar-refractivity contribution in [2.24, 2.45) is 5.73 Å². The fraction of sp³-hybridized carbons (Fsp3) is 0.360. The van der Waals surface area contributed by atoms with Gasteiger partial charge in [-0.3, -0.25) is 9.59 Å². The van der Waals surface area contributed by atoms with Crippen LogP contribution in [0.4, 0.5) is 15.3 Å². The minimum atomic E-state index is -0.967. The predicted molar refractivity (Wildman–Crippen MR) is 130 cm³/mol. The number of amides is 5. The molecule has 0 aliphatic carbocycles. The average Bonchev–Trinajstić information content (AvgIpc) is 2.86. The van der Waals surface area contributed by atoms with E-state index in [4.69, 9.17) is 10.5 Å². The van der Waals surface area contributed by atoms with Crippen molar-refractivity contribution in [1.82, 2.24) is 15.5 Å². The summed E-state index contributed by atoms with van der Waals surface area (Å²) in [6.45, 7) is 1.00. The summed E-state index contributed by atoms with van der Waals surface area (Å²) in [6, 6.07) is 17.0. The topological polar surface area (TPSA) is 143 Å². The van der Waals surface area contributed by atoms with Gasteiger partial charge in [-0.1, -0.05) is 48.5 Å². The number of anilines is 1. The number of ether oxygens (including phenoxy) is 1. The molecule has 0 aromatic heterocycles. The van der Waals surface area contributed by atoms with Crippen LogP contribution >= 0.6 is 0 Å². The second-order valence-corrected chi connectivity index (χ2v) is 8.33. The van der Waals surface area contributed by atoms with Gasteiger partial charge in [0.2, 0.25) is 11.8 Å². The summed E-state index contributed by atoms with van der Waals surface area (Å²) < 4.78 is 5.20. The van der Waals surface area contributed by atoms with Crippen LogP contribution < -0.4 is 21.7 Å². The quantitative estimate of drug-likeness (QED) is 0.435. The van der Waals surface area contributed by atoms with E-state index in [1.54, 1.807) is 4.90 Å². The van der Waals surface area contributed by atoms with E-state index in [-0.39, 0.29) is 31.5 Å². The van der Waals surface area contributed by atoms with E-state index in [0.29, 0.717) is 25.9 Å². The average molecular weight is 482 g/mol. The lowest BCUT2D eigenvalue weighted by molar-refractivity contribution is -0.124. The smallest absolute Gasteiger partial charge is 0.408 e. The Morgan fingerprint density at radius 3 is 2.23 bits per heavy atom. The zero-order valence-electron chi connectivity index (χ0n) is 19.4. The van der Waals surface area contributed by atoms with Crippen molar-refractivity contribution in [2.75, 3.05) is 18.4 Å². The molecule has 0 saturated carbocycles. The van der Waals surface area contributed by atoms with Crippen molar-refractivity contribution in [1.29, 1.82) is 0 Å². The summed E-state index contributed by atoms with van der Waals surface area (Å²) in [6.07, 6.45) is 0.366. The zero-order valence-corrected chi connectivity index (χ0v) is 19.4. The van der Waals surface area contributed by atoms with Crippen LogP contribution in [-0.2, 0) is 20.9 Å². The van der Waals surface area contributed by atoms with Crippen LogP contribution in [0.25, 0.3) is 0 Å². The molecule has 1 atom stereocenters. The second-order valence-electron chi connectivity index (χ2n) is 8.33. The van der Waals surface area contributed by atoms with Crippen LogP contribution in [0.15, 0.2) is 60.7 Å². The standard InChI is InChI=1S/C25H31N5O5/c26-22(31)12-11-21(29-25(34)35-17-18-7-3-1-4-8-18)23(32)27-20-13-15-30(16-14-20)24(33)28-19-9-5-2-6-10-19/h1-10,20-21H,11-17H2,(H2,26,31)(H,27,32)(H,28,33)(H,29,34)/t21-/m0/s1. The van der Waals surface area contributed by atoms with Gasteiger partial charge in [0.15, 0.2) is 0 Å². The van der Waals surface area contributed by atoms with Crippen molar-refractivity contribution in [2.45, 2.75) is 44.4 Å². The number of hydrogen-bond donors (Lipinski definition) is 4. The monoisotopic (exact) mass is 481 g/mol. The molecule has 1 aliphatic heterocycles. The van der Waals surface area contributed by atoms with Crippen LogP contribution in [0.2, 0.25) is 0 Å². The second kappa shape index (κ2) is 13.0. The third kappa shape index (κ3) is 8.65. The lowest BCUT2D eigenvalue weighted by atomic mass is 10.0. The number of para-hydroxylation sites is 1. The van der Waals surface area contributed by atoms with Crippen LogP contribution in [0.5, 0.6) is 0 Å². The summed E-state index contributed by atoms with van der Waals surface area (Å²) in [5, 5.41) is 8.29. The Morgan fingerprint density at radius 2 is 1.60 bits per heavy atom. The predicted octanol–water partition coefficient (Wildman–Crippen LogP) is 2.36. The zero-order chi connectivity index (χ0) is 25.0. The Hall–Kier alpha value is -4.08. The summed E-state index contributed by atoms with van der Waals surface area (Å²) >= 11 is 0. The molecule has 10 nitrogen and oxygen atoms in total. The number of nitrogens with two attached hydrogens (primary N) is 1. The molecule has 2 aromatic rings. The van der Waals surface area contributed by atoms with Gasteiger partial charge in [-0.2, -0.15) is 0 Å². The number of carbonyl (C=O) groups excluding carboxylic acids is 4. The first kappa shape index (κ1) is 25.5. The molecule has 186 valence electrons. The highest BCUT2D eigenvalue weighted by atomic mass is 16.5. The van der Waals surface area contributed by atoms with Crippen molar-refractivity contribution < 1.29 is 23.9 Å². The molecule has 1 saturated heterocycles. The minimum Gasteiger partial charge on any atom is -0.445 e. The van der Waals surface area contributed by atoms with Crippen LogP contribution in [0.1, 0.15) is 31.2 Å². The van der Waals surface area contributed by atoms with Crippen LogP contribution in [0.3, 0.4) is 0 Å². The van der Waals surface area contributed by atoms with Gasteiger partial charge in [0.05, 0.1) is 0 Å². The number of piperidine rings is 1. The maximum absolute atomic E-state index is 12.9. The Bertz CT molecular complexity index is 994. The number of hydrogen-bond acceptors (Lipinski definition) is 5. The number of carbonyl (C=O) groups is 4. The first-order valence-corrected chi connectivity index (χ1v) is 11.6. The van der Waals surface area contributed by atoms with Crippen LogP contribution in [0, 0.1) is 0 Å². The first-order chi connectivity index (χ1) is 16.9. The van der Waals surface area contributed by atoms with Gasteiger partial charge >= 0.3 is 12.1 Å². The molecular weight excluding hydrogens is 450 g/mol. The molecule has 1 fully saturated rings. The minimum absolute atomic E-state index is 0.0555. The van der Waals surface area contributed by atoms with Gasteiger partial charge in [-0.15, -0.1) is 0 Å². The van der Waals surface area contributed by atoms with Gasteiger partial charge in [0, 0.05) is 31.2 Å². The van der Waals surface area contributed by atoms with Gasteiger partial charge in [-0.05, 0) is 37.0 Å². The lowest BCUT2D eigenvalue weighted by Gasteiger charge is -2.33. The third-order valence-electron chi connectivity index (χ3n) is 5.65. The van der Waals surface area contributed by atoms with Gasteiger partial charge in [0.1, 0.15) is 12.6 Å². The molecule has 0 radical (unpaired) electrons. The molecule has 5 amide bonds. The molecule has 2 aromatic carbocycles. The molecule has 1 aliphatic rings. The molecule has 10 heteroatoms. The van der Waals surface area contributed by atoms with Crippen LogP contribution in [-0.4, -0.2) is 54.0 Å². The normalized spacial score (nSPS) is 14.5. The number of primary amides is 1. The number of benzene rings is 2. The van der Waals surface area contributed by atoms with Crippen molar-refractivity contribution in [3.63, 3.8) is 0 Å². The number of alkyl carbamates (subject to hydrolysis) is 1. The molecule has 0 bridgehead atoms. The molecule has 0 unspecified atom stereocenters. The fourth-order valence-corrected chi connectivity index (χ4v) is 3.72. The van der Waals surface area contributed by atoms with E-state index in [2.05, 4.69) is 16.0 Å².